The second-order valence-electron chi connectivity index (χ2n) is 7.28. The molecule has 2 rings (SSSR count). The average molecular weight is 238 g/mol. The summed E-state index contributed by atoms with van der Waals surface area (Å²) in [7, 11) is 0. The standard InChI is InChI=1S/C15H30N2/c1-13-5-4-6-15(11-13,12-16)17-9-7-14(2,3)8-10-17/h13H,4-12,16H2,1-3H3. The minimum Gasteiger partial charge on any atom is -0.329 e. The SMILES string of the molecule is CC1CCCC(CN)(N2CCC(C)(C)CC2)C1. The van der Waals surface area contributed by atoms with Crippen LogP contribution in [0.15, 0.2) is 0 Å². The van der Waals surface area contributed by atoms with Crippen LogP contribution in [0, 0.1) is 11.3 Å². The van der Waals surface area contributed by atoms with E-state index in [4.69, 9.17) is 5.73 Å². The molecule has 1 aliphatic heterocycles. The van der Waals surface area contributed by atoms with Crippen molar-refractivity contribution in [3.05, 3.63) is 0 Å². The maximum absolute atomic E-state index is 6.16. The molecule has 0 bridgehead atoms. The quantitative estimate of drug-likeness (QED) is 0.801. The van der Waals surface area contributed by atoms with Crippen molar-refractivity contribution >= 4 is 0 Å². The van der Waals surface area contributed by atoms with E-state index < -0.39 is 0 Å². The van der Waals surface area contributed by atoms with Crippen LogP contribution in [0.25, 0.3) is 0 Å². The Morgan fingerprint density at radius 2 is 1.82 bits per heavy atom. The van der Waals surface area contributed by atoms with Gasteiger partial charge in [-0.2, -0.15) is 0 Å². The molecular formula is C15H30N2. The summed E-state index contributed by atoms with van der Waals surface area (Å²) in [5.41, 5.74) is 7.05. The van der Waals surface area contributed by atoms with Crippen molar-refractivity contribution in [1.82, 2.24) is 4.90 Å². The summed E-state index contributed by atoms with van der Waals surface area (Å²) >= 11 is 0. The number of nitrogens with zero attached hydrogens (tertiary/aromatic N) is 1. The first-order chi connectivity index (χ1) is 7.97. The zero-order valence-corrected chi connectivity index (χ0v) is 12.0. The number of hydrogen-bond acceptors (Lipinski definition) is 2. The molecule has 0 aromatic rings. The van der Waals surface area contributed by atoms with Crippen LogP contribution in [-0.2, 0) is 0 Å². The third-order valence-electron chi connectivity index (χ3n) is 5.24. The summed E-state index contributed by atoms with van der Waals surface area (Å²) < 4.78 is 0. The van der Waals surface area contributed by atoms with Gasteiger partial charge in [0.05, 0.1) is 0 Å². The van der Waals surface area contributed by atoms with Crippen molar-refractivity contribution in [3.8, 4) is 0 Å². The van der Waals surface area contributed by atoms with Crippen LogP contribution in [0.5, 0.6) is 0 Å². The van der Waals surface area contributed by atoms with Crippen molar-refractivity contribution in [2.24, 2.45) is 17.1 Å². The monoisotopic (exact) mass is 238 g/mol. The predicted molar refractivity (Wildman–Crippen MR) is 74.0 cm³/mol. The lowest BCUT2D eigenvalue weighted by molar-refractivity contribution is -0.00233. The van der Waals surface area contributed by atoms with Gasteiger partial charge in [-0.05, 0) is 50.1 Å². The van der Waals surface area contributed by atoms with Crippen molar-refractivity contribution in [2.75, 3.05) is 19.6 Å². The van der Waals surface area contributed by atoms with E-state index in [1.165, 1.54) is 51.6 Å². The Kier molecular flexibility index (Phi) is 3.84. The van der Waals surface area contributed by atoms with Crippen LogP contribution in [-0.4, -0.2) is 30.1 Å². The fraction of sp³-hybridized carbons (Fsp3) is 1.00. The van der Waals surface area contributed by atoms with Gasteiger partial charge in [0.1, 0.15) is 0 Å². The molecule has 1 saturated heterocycles. The molecule has 0 amide bonds. The van der Waals surface area contributed by atoms with Crippen molar-refractivity contribution in [2.45, 2.75) is 64.8 Å². The first kappa shape index (κ1) is 13.4. The van der Waals surface area contributed by atoms with Gasteiger partial charge in [-0.15, -0.1) is 0 Å². The van der Waals surface area contributed by atoms with E-state index in [-0.39, 0.29) is 0 Å². The molecule has 0 spiro atoms. The van der Waals surface area contributed by atoms with Crippen molar-refractivity contribution < 1.29 is 0 Å². The molecule has 2 unspecified atom stereocenters. The summed E-state index contributed by atoms with van der Waals surface area (Å²) in [6, 6.07) is 0. The zero-order chi connectivity index (χ0) is 12.5. The molecule has 0 aromatic carbocycles. The molecule has 0 radical (unpaired) electrons. The highest BCUT2D eigenvalue weighted by Crippen LogP contribution is 2.40. The molecular weight excluding hydrogens is 208 g/mol. The maximum Gasteiger partial charge on any atom is 0.0334 e. The van der Waals surface area contributed by atoms with Gasteiger partial charge in [-0.1, -0.05) is 33.6 Å². The van der Waals surface area contributed by atoms with Crippen LogP contribution >= 0.6 is 0 Å². The lowest BCUT2D eigenvalue weighted by atomic mass is 9.73. The molecule has 2 heteroatoms. The summed E-state index contributed by atoms with van der Waals surface area (Å²) in [4.78, 5) is 2.73. The van der Waals surface area contributed by atoms with E-state index in [2.05, 4.69) is 25.7 Å². The third kappa shape index (κ3) is 2.85. The molecule has 17 heavy (non-hydrogen) atoms. The Labute approximate surface area is 107 Å². The molecule has 100 valence electrons. The molecule has 0 aromatic heterocycles. The molecule has 1 heterocycles. The molecule has 2 fully saturated rings. The lowest BCUT2D eigenvalue weighted by Crippen LogP contribution is -2.58. The van der Waals surface area contributed by atoms with E-state index in [9.17, 15) is 0 Å². The van der Waals surface area contributed by atoms with E-state index >= 15 is 0 Å². The van der Waals surface area contributed by atoms with Gasteiger partial charge in [0.15, 0.2) is 0 Å². The zero-order valence-electron chi connectivity index (χ0n) is 12.0. The first-order valence-corrected chi connectivity index (χ1v) is 7.43. The van der Waals surface area contributed by atoms with Gasteiger partial charge < -0.3 is 5.73 Å². The molecule has 2 N–H and O–H groups in total. The minimum absolute atomic E-state index is 0.341. The van der Waals surface area contributed by atoms with Gasteiger partial charge in [-0.25, -0.2) is 0 Å². The van der Waals surface area contributed by atoms with Gasteiger partial charge in [0.25, 0.3) is 0 Å². The number of nitrogens with two attached hydrogens (primary N) is 1. The molecule has 2 atom stereocenters. The van der Waals surface area contributed by atoms with E-state index in [0.29, 0.717) is 11.0 Å². The number of rotatable bonds is 2. The number of hydrogen-bond donors (Lipinski definition) is 1. The topological polar surface area (TPSA) is 29.3 Å². The van der Waals surface area contributed by atoms with E-state index in [0.717, 1.165) is 12.5 Å². The normalized spacial score (nSPS) is 39.2. The predicted octanol–water partition coefficient (Wildman–Crippen LogP) is 3.02. The Morgan fingerprint density at radius 3 is 2.35 bits per heavy atom. The molecule has 2 aliphatic rings. The number of piperidine rings is 1. The smallest absolute Gasteiger partial charge is 0.0334 e. The van der Waals surface area contributed by atoms with Crippen molar-refractivity contribution in [3.63, 3.8) is 0 Å². The largest absolute Gasteiger partial charge is 0.329 e. The summed E-state index contributed by atoms with van der Waals surface area (Å²) in [6.45, 7) is 10.6. The Balaban J connectivity index is 2.03. The van der Waals surface area contributed by atoms with Crippen LogP contribution < -0.4 is 5.73 Å². The van der Waals surface area contributed by atoms with Crippen LogP contribution in [0.2, 0.25) is 0 Å². The third-order valence-corrected chi connectivity index (χ3v) is 5.24. The highest BCUT2D eigenvalue weighted by Gasteiger charge is 2.41. The summed E-state index contributed by atoms with van der Waals surface area (Å²) in [5, 5.41) is 0. The highest BCUT2D eigenvalue weighted by molar-refractivity contribution is 4.98. The Hall–Kier alpha value is -0.0800. The van der Waals surface area contributed by atoms with Crippen LogP contribution in [0.3, 0.4) is 0 Å². The number of likely N-dealkylation sites (tertiary alicyclic amines) is 1. The second-order valence-corrected chi connectivity index (χ2v) is 7.28. The van der Waals surface area contributed by atoms with Gasteiger partial charge in [0.2, 0.25) is 0 Å². The highest BCUT2D eigenvalue weighted by atomic mass is 15.2. The van der Waals surface area contributed by atoms with Gasteiger partial charge in [0, 0.05) is 12.1 Å². The molecule has 2 nitrogen and oxygen atoms in total. The van der Waals surface area contributed by atoms with Gasteiger partial charge >= 0.3 is 0 Å². The van der Waals surface area contributed by atoms with E-state index in [1.54, 1.807) is 0 Å². The second kappa shape index (κ2) is 4.89. The molecule has 1 aliphatic carbocycles. The lowest BCUT2D eigenvalue weighted by Gasteiger charge is -2.51. The Bertz CT molecular complexity index is 252. The van der Waals surface area contributed by atoms with E-state index in [1.807, 2.05) is 0 Å². The Morgan fingerprint density at radius 1 is 1.18 bits per heavy atom. The van der Waals surface area contributed by atoms with Crippen molar-refractivity contribution in [1.29, 1.82) is 0 Å². The maximum atomic E-state index is 6.16. The summed E-state index contributed by atoms with van der Waals surface area (Å²) in [6.07, 6.45) is 8.10. The fourth-order valence-corrected chi connectivity index (χ4v) is 3.82. The van der Waals surface area contributed by atoms with Crippen LogP contribution in [0.1, 0.15) is 59.3 Å². The van der Waals surface area contributed by atoms with Crippen LogP contribution in [0.4, 0.5) is 0 Å². The average Bonchev–Trinajstić information content (AvgIpc) is 2.28. The fourth-order valence-electron chi connectivity index (χ4n) is 3.82. The summed E-state index contributed by atoms with van der Waals surface area (Å²) in [5.74, 6) is 0.863. The first-order valence-electron chi connectivity index (χ1n) is 7.43. The van der Waals surface area contributed by atoms with Gasteiger partial charge in [-0.3, -0.25) is 4.90 Å². The minimum atomic E-state index is 0.341. The molecule has 1 saturated carbocycles.